The second-order valence-electron chi connectivity index (χ2n) is 5.78. The Morgan fingerprint density at radius 2 is 2.04 bits per heavy atom. The zero-order chi connectivity index (χ0) is 16.8. The summed E-state index contributed by atoms with van der Waals surface area (Å²) in [7, 11) is 1.80. The third-order valence-electron chi connectivity index (χ3n) is 3.85. The maximum absolute atomic E-state index is 12.0. The average Bonchev–Trinajstić information content (AvgIpc) is 3.22. The van der Waals surface area contributed by atoms with Crippen molar-refractivity contribution < 1.29 is 8.94 Å². The van der Waals surface area contributed by atoms with Gasteiger partial charge in [0.25, 0.3) is 5.89 Å². The quantitative estimate of drug-likeness (QED) is 0.575. The van der Waals surface area contributed by atoms with Gasteiger partial charge in [-0.2, -0.15) is 10.1 Å². The van der Waals surface area contributed by atoms with Crippen LogP contribution in [0.3, 0.4) is 0 Å². The lowest BCUT2D eigenvalue weighted by Gasteiger charge is -2.04. The maximum atomic E-state index is 12.0. The van der Waals surface area contributed by atoms with E-state index >= 15 is 0 Å². The molecule has 0 aliphatic heterocycles. The van der Waals surface area contributed by atoms with Crippen LogP contribution in [0, 0.1) is 0 Å². The zero-order valence-corrected chi connectivity index (χ0v) is 13.4. The van der Waals surface area contributed by atoms with Gasteiger partial charge in [-0.3, -0.25) is 9.25 Å². The lowest BCUT2D eigenvalue weighted by molar-refractivity contribution is 0.428. The summed E-state index contributed by atoms with van der Waals surface area (Å²) in [5.41, 5.74) is 2.68. The fraction of sp³-hybridized carbons (Fsp3) is 0.250. The molecule has 3 aromatic heterocycles. The van der Waals surface area contributed by atoms with Gasteiger partial charge < -0.3 is 8.94 Å². The minimum atomic E-state index is -0.374. The van der Waals surface area contributed by atoms with Crippen LogP contribution in [-0.2, 0) is 7.05 Å². The van der Waals surface area contributed by atoms with Gasteiger partial charge in [0.05, 0.1) is 5.52 Å². The minimum Gasteiger partial charge on any atom is -0.408 e. The van der Waals surface area contributed by atoms with E-state index in [1.165, 1.54) is 0 Å². The summed E-state index contributed by atoms with van der Waals surface area (Å²) < 4.78 is 13.9. The van der Waals surface area contributed by atoms with E-state index in [0.717, 1.165) is 11.2 Å². The highest BCUT2D eigenvalue weighted by Gasteiger charge is 2.16. The number of aryl methyl sites for hydroxylation is 1. The first kappa shape index (κ1) is 14.4. The van der Waals surface area contributed by atoms with Gasteiger partial charge in [0.2, 0.25) is 5.82 Å². The van der Waals surface area contributed by atoms with Gasteiger partial charge in [-0.1, -0.05) is 5.16 Å². The second-order valence-corrected chi connectivity index (χ2v) is 5.78. The normalized spacial score (nSPS) is 11.7. The average molecular weight is 325 g/mol. The highest BCUT2D eigenvalue weighted by atomic mass is 16.5. The third kappa shape index (κ3) is 2.15. The molecule has 0 atom stereocenters. The summed E-state index contributed by atoms with van der Waals surface area (Å²) in [6.45, 7) is 3.87. The summed E-state index contributed by atoms with van der Waals surface area (Å²) in [6, 6.07) is 7.23. The molecule has 122 valence electrons. The number of hydrogen-bond donors (Lipinski definition) is 0. The molecule has 0 amide bonds. The lowest BCUT2D eigenvalue weighted by Crippen LogP contribution is -2.15. The number of nitrogens with zero attached hydrogens (tertiary/aromatic N) is 5. The zero-order valence-electron chi connectivity index (χ0n) is 13.4. The Morgan fingerprint density at radius 1 is 1.21 bits per heavy atom. The lowest BCUT2D eigenvalue weighted by atomic mass is 10.2. The third-order valence-corrected chi connectivity index (χ3v) is 3.85. The van der Waals surface area contributed by atoms with Crippen molar-refractivity contribution in [1.82, 2.24) is 24.5 Å². The number of benzene rings is 1. The maximum Gasteiger partial charge on any atom is 0.420 e. The molecule has 0 saturated heterocycles. The van der Waals surface area contributed by atoms with Crippen molar-refractivity contribution in [2.45, 2.75) is 19.9 Å². The van der Waals surface area contributed by atoms with Crippen molar-refractivity contribution in [3.05, 3.63) is 41.0 Å². The second kappa shape index (κ2) is 5.19. The summed E-state index contributed by atoms with van der Waals surface area (Å²) in [6.07, 6.45) is 1.66. The van der Waals surface area contributed by atoms with Crippen LogP contribution in [0.5, 0.6) is 0 Å². The molecule has 8 nitrogen and oxygen atoms in total. The Kier molecular flexibility index (Phi) is 3.12. The first-order valence-corrected chi connectivity index (χ1v) is 7.52. The fourth-order valence-electron chi connectivity index (χ4n) is 2.69. The molecule has 0 aliphatic carbocycles. The smallest absolute Gasteiger partial charge is 0.408 e. The fourth-order valence-corrected chi connectivity index (χ4v) is 2.69. The summed E-state index contributed by atoms with van der Waals surface area (Å²) in [5, 5.41) is 8.08. The Hall–Kier alpha value is -3.16. The Labute approximate surface area is 136 Å². The van der Waals surface area contributed by atoms with E-state index in [1.807, 2.05) is 26.0 Å². The van der Waals surface area contributed by atoms with Gasteiger partial charge in [-0.05, 0) is 38.1 Å². The van der Waals surface area contributed by atoms with Crippen LogP contribution < -0.4 is 5.76 Å². The molecule has 0 aliphatic rings. The molecule has 0 radical (unpaired) electrons. The van der Waals surface area contributed by atoms with E-state index in [1.54, 1.807) is 34.6 Å². The number of rotatable bonds is 3. The predicted octanol–water partition coefficient (Wildman–Crippen LogP) is 2.63. The first-order chi connectivity index (χ1) is 11.5. The molecule has 0 N–H and O–H groups in total. The number of fused-ring (bicyclic) bond motifs is 1. The van der Waals surface area contributed by atoms with Gasteiger partial charge in [-0.15, -0.1) is 0 Å². The molecule has 0 unspecified atom stereocenters. The van der Waals surface area contributed by atoms with Crippen LogP contribution >= 0.6 is 0 Å². The summed E-state index contributed by atoms with van der Waals surface area (Å²) in [4.78, 5) is 16.4. The molecule has 1 aromatic carbocycles. The van der Waals surface area contributed by atoms with Crippen molar-refractivity contribution in [1.29, 1.82) is 0 Å². The molecule has 0 saturated carbocycles. The monoisotopic (exact) mass is 325 g/mol. The largest absolute Gasteiger partial charge is 0.420 e. The SMILES string of the molecule is CC(C)n1c(=O)oc2cc(-c3noc(-c4ccnn4C)n3)ccc21. The molecular formula is C16H15N5O3. The molecule has 0 fully saturated rings. The summed E-state index contributed by atoms with van der Waals surface area (Å²) in [5.74, 6) is 0.431. The van der Waals surface area contributed by atoms with E-state index in [2.05, 4.69) is 15.2 Å². The van der Waals surface area contributed by atoms with Crippen LogP contribution in [0.25, 0.3) is 34.1 Å². The van der Waals surface area contributed by atoms with Crippen molar-refractivity contribution in [2.75, 3.05) is 0 Å². The van der Waals surface area contributed by atoms with Crippen molar-refractivity contribution >= 4 is 11.1 Å². The molecule has 3 heterocycles. The predicted molar refractivity (Wildman–Crippen MR) is 86.4 cm³/mol. The number of aromatic nitrogens is 5. The molecule has 0 bridgehead atoms. The molecule has 24 heavy (non-hydrogen) atoms. The summed E-state index contributed by atoms with van der Waals surface area (Å²) >= 11 is 0. The van der Waals surface area contributed by atoms with E-state index in [4.69, 9.17) is 8.94 Å². The van der Waals surface area contributed by atoms with Crippen LogP contribution in [0.1, 0.15) is 19.9 Å². The Balaban J connectivity index is 1.79. The van der Waals surface area contributed by atoms with Gasteiger partial charge >= 0.3 is 5.76 Å². The van der Waals surface area contributed by atoms with Gasteiger partial charge in [0.15, 0.2) is 5.58 Å². The van der Waals surface area contributed by atoms with Gasteiger partial charge in [-0.25, -0.2) is 4.79 Å². The highest BCUT2D eigenvalue weighted by Crippen LogP contribution is 2.25. The first-order valence-electron chi connectivity index (χ1n) is 7.52. The molecule has 0 spiro atoms. The Morgan fingerprint density at radius 3 is 2.75 bits per heavy atom. The highest BCUT2D eigenvalue weighted by molar-refractivity contribution is 5.79. The van der Waals surface area contributed by atoms with E-state index in [9.17, 15) is 4.79 Å². The molecule has 8 heteroatoms. The van der Waals surface area contributed by atoms with Crippen LogP contribution in [0.4, 0.5) is 0 Å². The van der Waals surface area contributed by atoms with Crippen LogP contribution in [0.2, 0.25) is 0 Å². The van der Waals surface area contributed by atoms with E-state index in [0.29, 0.717) is 22.9 Å². The van der Waals surface area contributed by atoms with Crippen molar-refractivity contribution in [3.63, 3.8) is 0 Å². The molecule has 4 aromatic rings. The van der Waals surface area contributed by atoms with Crippen LogP contribution in [-0.4, -0.2) is 24.5 Å². The molecule has 4 rings (SSSR count). The van der Waals surface area contributed by atoms with E-state index < -0.39 is 0 Å². The van der Waals surface area contributed by atoms with Crippen molar-refractivity contribution in [2.24, 2.45) is 7.05 Å². The standard InChI is InChI=1S/C16H15N5O3/c1-9(2)21-11-5-4-10(8-13(11)23-16(21)22)14-18-15(24-19-14)12-6-7-17-20(12)3/h4-9H,1-3H3. The van der Waals surface area contributed by atoms with Gasteiger partial charge in [0.1, 0.15) is 5.69 Å². The number of hydrogen-bond acceptors (Lipinski definition) is 6. The van der Waals surface area contributed by atoms with E-state index in [-0.39, 0.29) is 11.8 Å². The topological polar surface area (TPSA) is 91.9 Å². The van der Waals surface area contributed by atoms with Gasteiger partial charge in [0, 0.05) is 24.8 Å². The van der Waals surface area contributed by atoms with Crippen LogP contribution in [0.15, 0.2) is 44.2 Å². The Bertz CT molecular complexity index is 1080. The minimum absolute atomic E-state index is 0.0196. The molecular weight excluding hydrogens is 310 g/mol. The number of oxazole rings is 1. The van der Waals surface area contributed by atoms with Crippen molar-refractivity contribution in [3.8, 4) is 23.0 Å².